The van der Waals surface area contributed by atoms with Gasteiger partial charge < -0.3 is 20.1 Å². The van der Waals surface area contributed by atoms with Crippen LogP contribution in [0.25, 0.3) is 0 Å². The van der Waals surface area contributed by atoms with Gasteiger partial charge in [0.2, 0.25) is 5.91 Å². The van der Waals surface area contributed by atoms with Crippen LogP contribution in [0.2, 0.25) is 0 Å². The van der Waals surface area contributed by atoms with Gasteiger partial charge in [-0.05, 0) is 36.2 Å². The van der Waals surface area contributed by atoms with Crippen molar-refractivity contribution in [3.8, 4) is 11.5 Å². The van der Waals surface area contributed by atoms with E-state index in [9.17, 15) is 18.4 Å². The van der Waals surface area contributed by atoms with Gasteiger partial charge in [0, 0.05) is 12.6 Å². The molecule has 27 heavy (non-hydrogen) atoms. The second kappa shape index (κ2) is 9.51. The van der Waals surface area contributed by atoms with E-state index in [2.05, 4.69) is 10.6 Å². The lowest BCUT2D eigenvalue weighted by molar-refractivity contribution is -0.120. The van der Waals surface area contributed by atoms with Crippen LogP contribution in [0.5, 0.6) is 11.5 Å². The molecule has 0 fully saturated rings. The summed E-state index contributed by atoms with van der Waals surface area (Å²) in [4.78, 5) is 23.6. The van der Waals surface area contributed by atoms with E-state index in [1.807, 2.05) is 12.1 Å². The van der Waals surface area contributed by atoms with Crippen LogP contribution in [-0.2, 0) is 11.2 Å². The standard InChI is InChI=1S/C19H20F2N2O4/c1-26-16-6-3-12(9-17(16)27-2)7-8-22-18(24)11-23-19(25)14-5-4-13(20)10-15(14)21/h3-6,9-10H,7-8,11H2,1-2H3,(H,22,24)(H,23,25). The third-order valence-electron chi connectivity index (χ3n) is 3.77. The average molecular weight is 378 g/mol. The number of carbonyl (C=O) groups is 2. The summed E-state index contributed by atoms with van der Waals surface area (Å²) in [5, 5.41) is 4.94. The van der Waals surface area contributed by atoms with Crippen LogP contribution in [-0.4, -0.2) is 39.1 Å². The van der Waals surface area contributed by atoms with Crippen LogP contribution in [0.15, 0.2) is 36.4 Å². The number of amides is 2. The van der Waals surface area contributed by atoms with E-state index in [1.54, 1.807) is 13.2 Å². The van der Waals surface area contributed by atoms with Crippen molar-refractivity contribution in [2.45, 2.75) is 6.42 Å². The molecule has 2 amide bonds. The van der Waals surface area contributed by atoms with Crippen LogP contribution in [0.1, 0.15) is 15.9 Å². The van der Waals surface area contributed by atoms with Gasteiger partial charge in [-0.1, -0.05) is 6.07 Å². The Morgan fingerprint density at radius 3 is 2.37 bits per heavy atom. The van der Waals surface area contributed by atoms with E-state index >= 15 is 0 Å². The molecule has 0 aromatic heterocycles. The average Bonchev–Trinajstić information content (AvgIpc) is 2.66. The summed E-state index contributed by atoms with van der Waals surface area (Å²) in [5.41, 5.74) is 0.611. The smallest absolute Gasteiger partial charge is 0.254 e. The van der Waals surface area contributed by atoms with E-state index in [1.165, 1.54) is 7.11 Å². The van der Waals surface area contributed by atoms with Crippen LogP contribution in [0, 0.1) is 11.6 Å². The number of hydrogen-bond acceptors (Lipinski definition) is 4. The Labute approximate surface area is 155 Å². The summed E-state index contributed by atoms with van der Waals surface area (Å²) in [6, 6.07) is 8.04. The number of nitrogens with one attached hydrogen (secondary N) is 2. The molecule has 0 aliphatic heterocycles. The molecule has 0 bridgehead atoms. The first kappa shape index (κ1) is 20.2. The molecular weight excluding hydrogens is 358 g/mol. The number of ether oxygens (including phenoxy) is 2. The normalized spacial score (nSPS) is 10.2. The molecule has 0 saturated heterocycles. The molecule has 2 aromatic rings. The van der Waals surface area contributed by atoms with Gasteiger partial charge in [-0.25, -0.2) is 8.78 Å². The highest BCUT2D eigenvalue weighted by atomic mass is 19.1. The van der Waals surface area contributed by atoms with Crippen molar-refractivity contribution in [3.05, 3.63) is 59.2 Å². The third-order valence-corrected chi connectivity index (χ3v) is 3.77. The minimum absolute atomic E-state index is 0.318. The molecule has 0 spiro atoms. The van der Waals surface area contributed by atoms with E-state index < -0.39 is 23.4 Å². The highest BCUT2D eigenvalue weighted by Crippen LogP contribution is 2.27. The van der Waals surface area contributed by atoms with Crippen LogP contribution < -0.4 is 20.1 Å². The first-order chi connectivity index (χ1) is 12.9. The lowest BCUT2D eigenvalue weighted by Gasteiger charge is -2.10. The van der Waals surface area contributed by atoms with Gasteiger partial charge >= 0.3 is 0 Å². The summed E-state index contributed by atoms with van der Waals surface area (Å²) < 4.78 is 36.7. The molecule has 8 heteroatoms. The predicted molar refractivity (Wildman–Crippen MR) is 95.0 cm³/mol. The Balaban J connectivity index is 1.78. The molecule has 0 saturated carbocycles. The second-order valence-electron chi connectivity index (χ2n) is 5.60. The lowest BCUT2D eigenvalue weighted by Crippen LogP contribution is -2.38. The fourth-order valence-electron chi connectivity index (χ4n) is 2.37. The summed E-state index contributed by atoms with van der Waals surface area (Å²) in [7, 11) is 3.08. The van der Waals surface area contributed by atoms with Crippen LogP contribution >= 0.6 is 0 Å². The number of hydrogen-bond donors (Lipinski definition) is 2. The molecule has 144 valence electrons. The molecule has 0 heterocycles. The molecular formula is C19H20F2N2O4. The molecule has 6 nitrogen and oxygen atoms in total. The Morgan fingerprint density at radius 2 is 1.70 bits per heavy atom. The molecule has 2 N–H and O–H groups in total. The van der Waals surface area contributed by atoms with Gasteiger partial charge in [0.05, 0.1) is 26.3 Å². The molecule has 0 aliphatic rings. The molecule has 0 aliphatic carbocycles. The molecule has 2 rings (SSSR count). The summed E-state index contributed by atoms with van der Waals surface area (Å²) in [5.74, 6) is -1.77. The molecule has 0 atom stereocenters. The third kappa shape index (κ3) is 5.67. The summed E-state index contributed by atoms with van der Waals surface area (Å²) in [6.07, 6.45) is 0.548. The highest BCUT2D eigenvalue weighted by molar-refractivity contribution is 5.96. The Bertz CT molecular complexity index is 827. The maximum absolute atomic E-state index is 13.5. The number of methoxy groups -OCH3 is 2. The van der Waals surface area contributed by atoms with Gasteiger partial charge in [-0.3, -0.25) is 9.59 Å². The minimum atomic E-state index is -0.985. The summed E-state index contributed by atoms with van der Waals surface area (Å²) >= 11 is 0. The SMILES string of the molecule is COc1ccc(CCNC(=O)CNC(=O)c2ccc(F)cc2F)cc1OC. The van der Waals surface area contributed by atoms with Crippen molar-refractivity contribution in [2.24, 2.45) is 0 Å². The highest BCUT2D eigenvalue weighted by Gasteiger charge is 2.13. The van der Waals surface area contributed by atoms with Crippen molar-refractivity contribution in [3.63, 3.8) is 0 Å². The van der Waals surface area contributed by atoms with E-state index in [-0.39, 0.29) is 12.1 Å². The van der Waals surface area contributed by atoms with Crippen LogP contribution in [0.4, 0.5) is 8.78 Å². The first-order valence-electron chi connectivity index (χ1n) is 8.15. The zero-order valence-corrected chi connectivity index (χ0v) is 15.0. The van der Waals surface area contributed by atoms with E-state index in [4.69, 9.17) is 9.47 Å². The van der Waals surface area contributed by atoms with Gasteiger partial charge in [-0.2, -0.15) is 0 Å². The summed E-state index contributed by atoms with van der Waals surface area (Å²) in [6.45, 7) is 0.0245. The predicted octanol–water partition coefficient (Wildman–Crippen LogP) is 2.07. The maximum atomic E-state index is 13.5. The minimum Gasteiger partial charge on any atom is -0.493 e. The fraction of sp³-hybridized carbons (Fsp3) is 0.263. The first-order valence-corrected chi connectivity index (χ1v) is 8.15. The van der Waals surface area contributed by atoms with Crippen molar-refractivity contribution in [2.75, 3.05) is 27.3 Å². The number of rotatable bonds is 8. The Hall–Kier alpha value is -3.16. The zero-order chi connectivity index (χ0) is 19.8. The number of benzene rings is 2. The van der Waals surface area contributed by atoms with Gasteiger partial charge in [0.15, 0.2) is 11.5 Å². The van der Waals surface area contributed by atoms with E-state index in [0.29, 0.717) is 30.5 Å². The molecule has 0 radical (unpaired) electrons. The van der Waals surface area contributed by atoms with Crippen molar-refractivity contribution >= 4 is 11.8 Å². The maximum Gasteiger partial charge on any atom is 0.254 e. The van der Waals surface area contributed by atoms with Crippen molar-refractivity contribution in [1.82, 2.24) is 10.6 Å². The van der Waals surface area contributed by atoms with Gasteiger partial charge in [-0.15, -0.1) is 0 Å². The van der Waals surface area contributed by atoms with Crippen molar-refractivity contribution in [1.29, 1.82) is 0 Å². The monoisotopic (exact) mass is 378 g/mol. The van der Waals surface area contributed by atoms with Crippen molar-refractivity contribution < 1.29 is 27.8 Å². The largest absolute Gasteiger partial charge is 0.493 e. The molecule has 2 aromatic carbocycles. The second-order valence-corrected chi connectivity index (χ2v) is 5.60. The number of halogens is 2. The zero-order valence-electron chi connectivity index (χ0n) is 15.0. The molecule has 0 unspecified atom stereocenters. The van der Waals surface area contributed by atoms with E-state index in [0.717, 1.165) is 17.7 Å². The Kier molecular flexibility index (Phi) is 7.10. The van der Waals surface area contributed by atoms with Crippen LogP contribution in [0.3, 0.4) is 0 Å². The van der Waals surface area contributed by atoms with Gasteiger partial charge in [0.25, 0.3) is 5.91 Å². The number of carbonyl (C=O) groups excluding carboxylic acids is 2. The topological polar surface area (TPSA) is 76.7 Å². The Morgan fingerprint density at radius 1 is 0.963 bits per heavy atom. The lowest BCUT2D eigenvalue weighted by atomic mass is 10.1. The quantitative estimate of drug-likeness (QED) is 0.737. The van der Waals surface area contributed by atoms with Gasteiger partial charge in [0.1, 0.15) is 11.6 Å². The fourth-order valence-corrected chi connectivity index (χ4v) is 2.37.